The van der Waals surface area contributed by atoms with Crippen LogP contribution in [-0.2, 0) is 0 Å². The Morgan fingerprint density at radius 1 is 1.15 bits per heavy atom. The van der Waals surface area contributed by atoms with Crippen LogP contribution in [0.4, 0.5) is 5.69 Å². The maximum absolute atomic E-state index is 11.4. The van der Waals surface area contributed by atoms with Gasteiger partial charge in [-0.1, -0.05) is 29.8 Å². The number of para-hydroxylation sites is 1. The lowest BCUT2D eigenvalue weighted by molar-refractivity contribution is 0.0696. The van der Waals surface area contributed by atoms with Crippen molar-refractivity contribution in [3.63, 3.8) is 0 Å². The molecule has 4 heteroatoms. The molecule has 1 fully saturated rings. The van der Waals surface area contributed by atoms with Gasteiger partial charge in [-0.05, 0) is 61.6 Å². The van der Waals surface area contributed by atoms with Gasteiger partial charge in [-0.25, -0.2) is 4.79 Å². The molecule has 0 radical (unpaired) electrons. The molecule has 3 rings (SSSR count). The zero-order valence-corrected chi connectivity index (χ0v) is 15.1. The van der Waals surface area contributed by atoms with Gasteiger partial charge in [-0.3, -0.25) is 0 Å². The molecule has 1 aliphatic rings. The van der Waals surface area contributed by atoms with E-state index in [1.165, 1.54) is 5.57 Å². The van der Waals surface area contributed by atoms with E-state index in [4.69, 9.17) is 0 Å². The van der Waals surface area contributed by atoms with Crippen LogP contribution in [0.3, 0.4) is 0 Å². The summed E-state index contributed by atoms with van der Waals surface area (Å²) in [6.07, 6.45) is 3.96. The molecule has 1 saturated heterocycles. The molecule has 26 heavy (non-hydrogen) atoms. The summed E-state index contributed by atoms with van der Waals surface area (Å²) in [4.78, 5) is 13.6. The van der Waals surface area contributed by atoms with Gasteiger partial charge in [-0.15, -0.1) is 0 Å². The quantitative estimate of drug-likeness (QED) is 0.885. The molecule has 0 amide bonds. The fourth-order valence-electron chi connectivity index (χ4n) is 3.50. The number of nitrogens with zero attached hydrogens (tertiary/aromatic N) is 2. The van der Waals surface area contributed by atoms with Gasteiger partial charge in [0.25, 0.3) is 0 Å². The van der Waals surface area contributed by atoms with E-state index in [9.17, 15) is 15.2 Å². The molecule has 2 aromatic carbocycles. The van der Waals surface area contributed by atoms with Crippen molar-refractivity contribution >= 4 is 17.7 Å². The van der Waals surface area contributed by atoms with Gasteiger partial charge in [0, 0.05) is 13.1 Å². The highest BCUT2D eigenvalue weighted by Gasteiger charge is 2.17. The summed E-state index contributed by atoms with van der Waals surface area (Å²) in [5.41, 5.74) is 6.25. The first-order chi connectivity index (χ1) is 12.5. The molecule has 1 heterocycles. The Morgan fingerprint density at radius 2 is 1.85 bits per heavy atom. The molecule has 0 atom stereocenters. The van der Waals surface area contributed by atoms with Crippen LogP contribution >= 0.6 is 0 Å². The molecule has 0 saturated carbocycles. The van der Waals surface area contributed by atoms with Crippen LogP contribution in [0.2, 0.25) is 0 Å². The lowest BCUT2D eigenvalue weighted by Gasteiger charge is -2.31. The molecule has 1 aliphatic heterocycles. The number of nitriles is 1. The molecule has 2 aromatic rings. The van der Waals surface area contributed by atoms with Crippen molar-refractivity contribution in [1.82, 2.24) is 0 Å². The number of carbonyl (C=O) groups is 1. The standard InChI is InChI=1S/C22H22N2O2/c1-15-11-16(2)20(22(25)26)13-19(15)12-17-7-9-24(10-8-17)21-6-4-3-5-18(21)14-23/h3-6,11-13H,7-10H2,1-2H3,(H,25,26). The Hall–Kier alpha value is -3.06. The first-order valence-electron chi connectivity index (χ1n) is 8.77. The fourth-order valence-corrected chi connectivity index (χ4v) is 3.50. The van der Waals surface area contributed by atoms with Crippen LogP contribution in [0.25, 0.3) is 6.08 Å². The second-order valence-corrected chi connectivity index (χ2v) is 6.75. The monoisotopic (exact) mass is 346 g/mol. The fraction of sp³-hybridized carbons (Fsp3) is 0.273. The van der Waals surface area contributed by atoms with E-state index in [1.807, 2.05) is 44.2 Å². The number of hydrogen-bond donors (Lipinski definition) is 1. The first kappa shape index (κ1) is 17.8. The Balaban J connectivity index is 1.79. The third-order valence-electron chi connectivity index (χ3n) is 4.97. The molecule has 1 N–H and O–H groups in total. The number of piperidine rings is 1. The highest BCUT2D eigenvalue weighted by atomic mass is 16.4. The van der Waals surface area contributed by atoms with Gasteiger partial charge >= 0.3 is 5.97 Å². The summed E-state index contributed by atoms with van der Waals surface area (Å²) in [6, 6.07) is 13.7. The lowest BCUT2D eigenvalue weighted by atomic mass is 9.95. The number of carboxylic acids is 1. The number of anilines is 1. The predicted molar refractivity (Wildman–Crippen MR) is 103 cm³/mol. The van der Waals surface area contributed by atoms with Crippen molar-refractivity contribution in [1.29, 1.82) is 5.26 Å². The van der Waals surface area contributed by atoms with Crippen molar-refractivity contribution in [2.75, 3.05) is 18.0 Å². The molecular weight excluding hydrogens is 324 g/mol. The minimum Gasteiger partial charge on any atom is -0.478 e. The second kappa shape index (κ2) is 7.45. The van der Waals surface area contributed by atoms with Crippen molar-refractivity contribution in [3.8, 4) is 6.07 Å². The number of benzene rings is 2. The number of hydrogen-bond acceptors (Lipinski definition) is 3. The van der Waals surface area contributed by atoms with Crippen molar-refractivity contribution in [3.05, 3.63) is 69.8 Å². The summed E-state index contributed by atoms with van der Waals surface area (Å²) in [6.45, 7) is 5.57. The number of aromatic carboxylic acids is 1. The topological polar surface area (TPSA) is 64.3 Å². The van der Waals surface area contributed by atoms with Gasteiger partial charge < -0.3 is 10.0 Å². The summed E-state index contributed by atoms with van der Waals surface area (Å²) in [5, 5.41) is 18.6. The predicted octanol–water partition coefficient (Wildman–Crippen LogP) is 4.56. The van der Waals surface area contributed by atoms with Gasteiger partial charge in [-0.2, -0.15) is 5.26 Å². The van der Waals surface area contributed by atoms with E-state index in [-0.39, 0.29) is 0 Å². The molecule has 0 aromatic heterocycles. The number of rotatable bonds is 3. The molecule has 0 aliphatic carbocycles. The Morgan fingerprint density at radius 3 is 2.50 bits per heavy atom. The normalized spacial score (nSPS) is 14.0. The maximum atomic E-state index is 11.4. The van der Waals surface area contributed by atoms with Crippen LogP contribution < -0.4 is 4.90 Å². The van der Waals surface area contributed by atoms with Crippen LogP contribution in [-0.4, -0.2) is 24.2 Å². The van der Waals surface area contributed by atoms with E-state index in [0.717, 1.165) is 48.3 Å². The molecule has 0 bridgehead atoms. The van der Waals surface area contributed by atoms with E-state index < -0.39 is 5.97 Å². The van der Waals surface area contributed by atoms with Gasteiger partial charge in [0.1, 0.15) is 6.07 Å². The summed E-state index contributed by atoms with van der Waals surface area (Å²) >= 11 is 0. The minimum absolute atomic E-state index is 0.364. The average molecular weight is 346 g/mol. The van der Waals surface area contributed by atoms with Crippen LogP contribution in [0.1, 0.15) is 45.5 Å². The van der Waals surface area contributed by atoms with Crippen LogP contribution in [0.5, 0.6) is 0 Å². The largest absolute Gasteiger partial charge is 0.478 e. The van der Waals surface area contributed by atoms with E-state index in [0.29, 0.717) is 11.1 Å². The lowest BCUT2D eigenvalue weighted by Crippen LogP contribution is -2.31. The zero-order chi connectivity index (χ0) is 18.7. The molecular formula is C22H22N2O2. The third-order valence-corrected chi connectivity index (χ3v) is 4.97. The summed E-state index contributed by atoms with van der Waals surface area (Å²) in [5.74, 6) is -0.884. The zero-order valence-electron chi connectivity index (χ0n) is 15.1. The van der Waals surface area contributed by atoms with Gasteiger partial charge in [0.15, 0.2) is 0 Å². The minimum atomic E-state index is -0.884. The van der Waals surface area contributed by atoms with Gasteiger partial charge in [0.2, 0.25) is 0 Å². The molecule has 0 unspecified atom stereocenters. The maximum Gasteiger partial charge on any atom is 0.335 e. The van der Waals surface area contributed by atoms with Crippen LogP contribution in [0.15, 0.2) is 42.0 Å². The van der Waals surface area contributed by atoms with E-state index in [1.54, 1.807) is 6.07 Å². The third kappa shape index (κ3) is 3.62. The number of aryl methyl sites for hydroxylation is 2. The van der Waals surface area contributed by atoms with Crippen molar-refractivity contribution < 1.29 is 9.90 Å². The molecule has 0 spiro atoms. The van der Waals surface area contributed by atoms with Crippen LogP contribution in [0, 0.1) is 25.2 Å². The highest BCUT2D eigenvalue weighted by Crippen LogP contribution is 2.28. The highest BCUT2D eigenvalue weighted by molar-refractivity contribution is 5.90. The van der Waals surface area contributed by atoms with Gasteiger partial charge in [0.05, 0.1) is 16.8 Å². The SMILES string of the molecule is Cc1cc(C)c(C(=O)O)cc1C=C1CCN(c2ccccc2C#N)CC1. The summed E-state index contributed by atoms with van der Waals surface area (Å²) < 4.78 is 0. The smallest absolute Gasteiger partial charge is 0.335 e. The van der Waals surface area contributed by atoms with E-state index >= 15 is 0 Å². The molecule has 4 nitrogen and oxygen atoms in total. The molecule has 132 valence electrons. The van der Waals surface area contributed by atoms with Crippen molar-refractivity contribution in [2.45, 2.75) is 26.7 Å². The first-order valence-corrected chi connectivity index (χ1v) is 8.77. The summed E-state index contributed by atoms with van der Waals surface area (Å²) in [7, 11) is 0. The van der Waals surface area contributed by atoms with Crippen molar-refractivity contribution in [2.24, 2.45) is 0 Å². The Labute approximate surface area is 154 Å². The average Bonchev–Trinajstić information content (AvgIpc) is 2.64. The number of carboxylic acid groups (broad SMARTS) is 1. The van der Waals surface area contributed by atoms with E-state index in [2.05, 4.69) is 17.0 Å². The Bertz CT molecular complexity index is 912. The second-order valence-electron chi connectivity index (χ2n) is 6.75. The Kier molecular flexibility index (Phi) is 5.09.